The van der Waals surface area contributed by atoms with E-state index in [1.54, 1.807) is 28.8 Å². The number of nitriles is 1. The maximum absolute atomic E-state index is 13.7. The number of anilines is 1. The van der Waals surface area contributed by atoms with Gasteiger partial charge in [0.1, 0.15) is 17.5 Å². The van der Waals surface area contributed by atoms with Crippen molar-refractivity contribution in [2.24, 2.45) is 0 Å². The second kappa shape index (κ2) is 5.73. The van der Waals surface area contributed by atoms with Gasteiger partial charge in [0, 0.05) is 16.3 Å². The molecule has 0 unspecified atom stereocenters. The van der Waals surface area contributed by atoms with Crippen molar-refractivity contribution in [1.29, 1.82) is 5.26 Å². The molecule has 0 aliphatic heterocycles. The predicted octanol–water partition coefficient (Wildman–Crippen LogP) is 3.45. The van der Waals surface area contributed by atoms with Gasteiger partial charge in [0.05, 0.1) is 11.8 Å². The molecule has 1 amide bonds. The molecule has 114 valence electrons. The number of nitrogens with zero attached hydrogens (tertiary/aromatic N) is 3. The molecule has 2 heterocycles. The topological polar surface area (TPSA) is 79.4 Å². The lowest BCUT2D eigenvalue weighted by Crippen LogP contribution is -2.09. The third-order valence-electron chi connectivity index (χ3n) is 3.19. The van der Waals surface area contributed by atoms with Crippen LogP contribution in [0.15, 0.2) is 42.7 Å². The first-order valence-corrected chi connectivity index (χ1v) is 6.39. The van der Waals surface area contributed by atoms with Crippen LogP contribution in [0.1, 0.15) is 5.56 Å². The summed E-state index contributed by atoms with van der Waals surface area (Å²) in [6.07, 6.45) is 1.76. The summed E-state index contributed by atoms with van der Waals surface area (Å²) in [4.78, 5) is 17.9. The van der Waals surface area contributed by atoms with Gasteiger partial charge in [-0.1, -0.05) is 12.1 Å². The minimum atomic E-state index is -1.29. The Morgan fingerprint density at radius 3 is 2.87 bits per heavy atom. The number of carbonyl (C=O) groups is 1. The van der Waals surface area contributed by atoms with E-state index in [1.807, 2.05) is 6.07 Å². The highest BCUT2D eigenvalue weighted by molar-refractivity contribution is 5.83. The summed E-state index contributed by atoms with van der Waals surface area (Å²) in [5.74, 6) is -0.520. The Balaban J connectivity index is 2.06. The lowest BCUT2D eigenvalue weighted by molar-refractivity contribution is -0.0544. The van der Waals surface area contributed by atoms with Crippen molar-refractivity contribution < 1.29 is 18.7 Å². The Morgan fingerprint density at radius 1 is 1.30 bits per heavy atom. The first-order chi connectivity index (χ1) is 11.1. The first-order valence-electron chi connectivity index (χ1n) is 6.39. The van der Waals surface area contributed by atoms with Crippen LogP contribution in [0.4, 0.5) is 19.5 Å². The maximum Gasteiger partial charge on any atom is 0.450 e. The molecule has 0 aliphatic rings. The van der Waals surface area contributed by atoms with Gasteiger partial charge in [-0.2, -0.15) is 5.26 Å². The van der Waals surface area contributed by atoms with E-state index in [1.165, 1.54) is 18.3 Å². The summed E-state index contributed by atoms with van der Waals surface area (Å²) in [7, 11) is 0. The molecule has 0 atom stereocenters. The average Bonchev–Trinajstić information content (AvgIpc) is 2.95. The van der Waals surface area contributed by atoms with E-state index in [9.17, 15) is 13.7 Å². The fourth-order valence-electron chi connectivity index (χ4n) is 2.21. The lowest BCUT2D eigenvalue weighted by Gasteiger charge is -2.05. The molecule has 1 N–H and O–H groups in total. The van der Waals surface area contributed by atoms with Crippen LogP contribution >= 0.6 is 0 Å². The van der Waals surface area contributed by atoms with Gasteiger partial charge in [0.25, 0.3) is 0 Å². The third-order valence-corrected chi connectivity index (χ3v) is 3.19. The lowest BCUT2D eigenvalue weighted by atomic mass is 10.0. The van der Waals surface area contributed by atoms with E-state index in [0.717, 1.165) is 0 Å². The molecule has 0 bridgehead atoms. The zero-order valence-corrected chi connectivity index (χ0v) is 11.5. The predicted molar refractivity (Wildman–Crippen MR) is 76.5 cm³/mol. The van der Waals surface area contributed by atoms with Crippen LogP contribution in [-0.2, 0) is 4.94 Å². The molecule has 0 spiro atoms. The monoisotopic (exact) mass is 314 g/mol. The van der Waals surface area contributed by atoms with Crippen molar-refractivity contribution in [3.63, 3.8) is 0 Å². The van der Waals surface area contributed by atoms with Crippen LogP contribution in [0.5, 0.6) is 0 Å². The second-order valence-corrected chi connectivity index (χ2v) is 4.57. The van der Waals surface area contributed by atoms with Gasteiger partial charge in [-0.25, -0.2) is 19.1 Å². The van der Waals surface area contributed by atoms with Gasteiger partial charge in [-0.05, 0) is 23.8 Å². The Hall–Kier alpha value is -3.47. The summed E-state index contributed by atoms with van der Waals surface area (Å²) < 4.78 is 27.0. The van der Waals surface area contributed by atoms with Crippen molar-refractivity contribution in [3.05, 3.63) is 54.1 Å². The van der Waals surface area contributed by atoms with Crippen LogP contribution in [-0.4, -0.2) is 15.5 Å². The zero-order valence-electron chi connectivity index (χ0n) is 11.5. The van der Waals surface area contributed by atoms with E-state index in [0.29, 0.717) is 16.8 Å². The Bertz CT molecular complexity index is 946. The molecular formula is C15H8F2N4O2. The number of fused-ring (bicyclic) bond motifs is 1. The number of amides is 1. The van der Waals surface area contributed by atoms with Gasteiger partial charge in [-0.3, -0.25) is 5.32 Å². The smallest absolute Gasteiger partial charge is 0.304 e. The molecule has 0 saturated carbocycles. The molecule has 2 aromatic heterocycles. The fourth-order valence-corrected chi connectivity index (χ4v) is 2.21. The molecule has 0 saturated heterocycles. The van der Waals surface area contributed by atoms with Crippen molar-refractivity contribution >= 4 is 17.6 Å². The molecule has 8 heteroatoms. The number of nitrogens with one attached hydrogen (secondary N) is 1. The van der Waals surface area contributed by atoms with Gasteiger partial charge < -0.3 is 4.40 Å². The Kier molecular flexibility index (Phi) is 3.60. The van der Waals surface area contributed by atoms with Gasteiger partial charge in [0.15, 0.2) is 5.82 Å². The van der Waals surface area contributed by atoms with Crippen molar-refractivity contribution in [2.75, 3.05) is 5.32 Å². The summed E-state index contributed by atoms with van der Waals surface area (Å²) in [6.45, 7) is 0. The van der Waals surface area contributed by atoms with Crippen LogP contribution in [0.2, 0.25) is 0 Å². The summed E-state index contributed by atoms with van der Waals surface area (Å²) in [5.41, 5.74) is 1.43. The number of aromatic nitrogens is 2. The number of hydrogen-bond donors (Lipinski definition) is 1. The highest BCUT2D eigenvalue weighted by atomic mass is 19.3. The van der Waals surface area contributed by atoms with Crippen LogP contribution in [0.3, 0.4) is 0 Å². The third kappa shape index (κ3) is 2.67. The number of rotatable bonds is 2. The van der Waals surface area contributed by atoms with Gasteiger partial charge >= 0.3 is 6.09 Å². The maximum atomic E-state index is 13.7. The van der Waals surface area contributed by atoms with Crippen molar-refractivity contribution in [3.8, 4) is 17.2 Å². The standard InChI is InChI=1S/C15H8F2N4O2/c16-12-3-1-2-10(11(12)6-18)9-4-5-14-19-13(8-21(14)7-9)20-15(22)23-17/h1-5,7-8H,(H,20,22). The molecule has 6 nitrogen and oxygen atoms in total. The SMILES string of the molecule is N#Cc1c(F)cccc1-c1ccc2nc(NC(=O)OF)cn2c1. The fraction of sp³-hybridized carbons (Fsp3) is 0. The number of hydrogen-bond acceptors (Lipinski definition) is 4. The first kappa shape index (κ1) is 14.5. The molecule has 3 rings (SSSR count). The van der Waals surface area contributed by atoms with Crippen LogP contribution in [0, 0.1) is 17.1 Å². The summed E-state index contributed by atoms with van der Waals surface area (Å²) in [6, 6.07) is 9.46. The highest BCUT2D eigenvalue weighted by Gasteiger charge is 2.12. The largest absolute Gasteiger partial charge is 0.450 e. The minimum Gasteiger partial charge on any atom is -0.304 e. The summed E-state index contributed by atoms with van der Waals surface area (Å²) >= 11 is 0. The second-order valence-electron chi connectivity index (χ2n) is 4.57. The molecule has 23 heavy (non-hydrogen) atoms. The molecule has 0 fully saturated rings. The van der Waals surface area contributed by atoms with Crippen molar-refractivity contribution in [2.45, 2.75) is 0 Å². The van der Waals surface area contributed by atoms with E-state index < -0.39 is 11.9 Å². The number of benzene rings is 1. The number of imidazole rings is 1. The molecule has 1 aromatic carbocycles. The summed E-state index contributed by atoms with van der Waals surface area (Å²) in [5, 5.41) is 11.2. The van der Waals surface area contributed by atoms with E-state index in [2.05, 4.69) is 15.2 Å². The van der Waals surface area contributed by atoms with Crippen molar-refractivity contribution in [1.82, 2.24) is 9.38 Å². The minimum absolute atomic E-state index is 0.0636. The normalized spacial score (nSPS) is 10.3. The molecule has 0 radical (unpaired) electrons. The highest BCUT2D eigenvalue weighted by Crippen LogP contribution is 2.26. The van der Waals surface area contributed by atoms with E-state index in [-0.39, 0.29) is 11.4 Å². The van der Waals surface area contributed by atoms with Gasteiger partial charge in [-0.15, -0.1) is 0 Å². The quantitative estimate of drug-likeness (QED) is 0.785. The molecule has 3 aromatic rings. The number of pyridine rings is 1. The van der Waals surface area contributed by atoms with E-state index >= 15 is 0 Å². The van der Waals surface area contributed by atoms with E-state index in [4.69, 9.17) is 5.26 Å². The molecule has 0 aliphatic carbocycles. The Morgan fingerprint density at radius 2 is 2.13 bits per heavy atom. The number of carbonyl (C=O) groups excluding carboxylic acids is 1. The zero-order chi connectivity index (χ0) is 16.4. The van der Waals surface area contributed by atoms with Crippen LogP contribution < -0.4 is 5.32 Å². The Labute approximate surface area is 128 Å². The van der Waals surface area contributed by atoms with Gasteiger partial charge in [0.2, 0.25) is 0 Å². The average molecular weight is 314 g/mol. The van der Waals surface area contributed by atoms with Crippen LogP contribution in [0.25, 0.3) is 16.8 Å². The molecular weight excluding hydrogens is 306 g/mol. The number of halogens is 2.